The first-order valence-electron chi connectivity index (χ1n) is 8.59. The van der Waals surface area contributed by atoms with Crippen LogP contribution in [0.5, 0.6) is 0 Å². The molecule has 0 saturated carbocycles. The van der Waals surface area contributed by atoms with Crippen LogP contribution in [0.1, 0.15) is 24.5 Å². The van der Waals surface area contributed by atoms with E-state index in [-0.39, 0.29) is 18.1 Å². The minimum absolute atomic E-state index is 0.147. The highest BCUT2D eigenvalue weighted by atomic mass is 35.5. The summed E-state index contributed by atoms with van der Waals surface area (Å²) >= 11 is 5.84. The third-order valence-corrected chi connectivity index (χ3v) is 4.99. The van der Waals surface area contributed by atoms with E-state index < -0.39 is 42.0 Å². The predicted molar refractivity (Wildman–Crippen MR) is 97.8 cm³/mol. The maximum atomic E-state index is 12.2. The average molecular weight is 406 g/mol. The van der Waals surface area contributed by atoms with Gasteiger partial charge in [-0.3, -0.25) is 14.3 Å². The van der Waals surface area contributed by atoms with Gasteiger partial charge in [-0.2, -0.15) is 0 Å². The second-order valence-electron chi connectivity index (χ2n) is 6.46. The Morgan fingerprint density at radius 1 is 1.25 bits per heavy atom. The topological polar surface area (TPSA) is 131 Å². The molecule has 0 radical (unpaired) electrons. The van der Waals surface area contributed by atoms with E-state index in [1.165, 1.54) is 10.8 Å². The van der Waals surface area contributed by atoms with Crippen LogP contribution in [0.3, 0.4) is 0 Å². The van der Waals surface area contributed by atoms with Crippen LogP contribution in [-0.2, 0) is 14.2 Å². The van der Waals surface area contributed by atoms with E-state index in [0.29, 0.717) is 0 Å². The number of azide groups is 1. The number of ether oxygens (including phenoxy) is 3. The summed E-state index contributed by atoms with van der Waals surface area (Å²) in [7, 11) is 0. The lowest BCUT2D eigenvalue weighted by Crippen LogP contribution is -2.54. The summed E-state index contributed by atoms with van der Waals surface area (Å²) in [5.41, 5.74) is 8.47. The molecule has 2 aromatic rings. The molecule has 2 saturated heterocycles. The van der Waals surface area contributed by atoms with Crippen LogP contribution < -0.4 is 11.2 Å². The number of benzene rings is 1. The quantitative estimate of drug-likeness (QED) is 0.475. The molecule has 1 aromatic carbocycles. The van der Waals surface area contributed by atoms with Crippen molar-refractivity contribution in [1.82, 2.24) is 9.55 Å². The summed E-state index contributed by atoms with van der Waals surface area (Å²) in [5.74, 6) is 0. The molecule has 2 fully saturated rings. The van der Waals surface area contributed by atoms with Gasteiger partial charge in [0.15, 0.2) is 6.29 Å². The van der Waals surface area contributed by atoms with Gasteiger partial charge in [0.25, 0.3) is 5.56 Å². The van der Waals surface area contributed by atoms with Crippen molar-refractivity contribution in [3.8, 4) is 0 Å². The zero-order chi connectivity index (χ0) is 19.7. The van der Waals surface area contributed by atoms with E-state index >= 15 is 0 Å². The lowest BCUT2D eigenvalue weighted by Gasteiger charge is -2.45. The summed E-state index contributed by atoms with van der Waals surface area (Å²) in [4.78, 5) is 28.7. The van der Waals surface area contributed by atoms with Gasteiger partial charge in [-0.25, -0.2) is 4.79 Å². The van der Waals surface area contributed by atoms with Gasteiger partial charge in [-0.15, -0.1) is 0 Å². The van der Waals surface area contributed by atoms with Gasteiger partial charge in [-0.05, 0) is 5.53 Å². The molecule has 1 N–H and O–H groups in total. The standard InChI is InChI=1S/C17H16ClN5O5/c18-10-7-23(17(25)20-15(10)24)13-6-11(21-22-19)14-12(27-13)8-26-16(28-14)9-4-2-1-3-5-9/h1-5,7,11-14,16H,6,8H2,(H,20,24,25)/t11-,12-,13-,14+,16?/m1/s1. The fourth-order valence-electron chi connectivity index (χ4n) is 3.42. The maximum Gasteiger partial charge on any atom is 0.330 e. The van der Waals surface area contributed by atoms with Gasteiger partial charge < -0.3 is 14.2 Å². The van der Waals surface area contributed by atoms with Gasteiger partial charge in [0.1, 0.15) is 17.4 Å². The Morgan fingerprint density at radius 2 is 2.04 bits per heavy atom. The molecule has 2 aliphatic heterocycles. The zero-order valence-corrected chi connectivity index (χ0v) is 15.2. The van der Waals surface area contributed by atoms with Crippen molar-refractivity contribution < 1.29 is 14.2 Å². The molecule has 0 bridgehead atoms. The Hall–Kier alpha value is -2.62. The van der Waals surface area contributed by atoms with E-state index in [1.54, 1.807) is 0 Å². The summed E-state index contributed by atoms with van der Waals surface area (Å²) in [5, 5.41) is 3.69. The van der Waals surface area contributed by atoms with E-state index in [9.17, 15) is 9.59 Å². The van der Waals surface area contributed by atoms with Crippen molar-refractivity contribution in [3.05, 3.63) is 78.4 Å². The summed E-state index contributed by atoms with van der Waals surface area (Å²) in [6.45, 7) is 0.185. The minimum atomic E-state index is -0.793. The van der Waals surface area contributed by atoms with Gasteiger partial charge in [0.05, 0.1) is 18.8 Å². The van der Waals surface area contributed by atoms with E-state index in [4.69, 9.17) is 31.3 Å². The van der Waals surface area contributed by atoms with E-state index in [1.807, 2.05) is 30.3 Å². The van der Waals surface area contributed by atoms with Crippen molar-refractivity contribution in [1.29, 1.82) is 0 Å². The monoisotopic (exact) mass is 405 g/mol. The Kier molecular flexibility index (Phi) is 5.21. The molecule has 4 rings (SSSR count). The number of fused-ring (bicyclic) bond motifs is 1. The fourth-order valence-corrected chi connectivity index (χ4v) is 3.57. The molecular formula is C17H16ClN5O5. The lowest BCUT2D eigenvalue weighted by molar-refractivity contribution is -0.300. The predicted octanol–water partition coefficient (Wildman–Crippen LogP) is 2.27. The molecule has 3 heterocycles. The molecule has 0 aliphatic carbocycles. The molecule has 0 spiro atoms. The molecule has 10 nitrogen and oxygen atoms in total. The zero-order valence-electron chi connectivity index (χ0n) is 14.5. The summed E-state index contributed by atoms with van der Waals surface area (Å²) in [6.07, 6.45) is -1.12. The number of aromatic amines is 1. The molecule has 146 valence electrons. The SMILES string of the molecule is [N-]=[N+]=N[C@@H]1C[C@H](n2cc(Cl)c(=O)[nH]c2=O)O[C@@H]2COC(c3ccccc3)O[C@@H]12. The molecule has 0 amide bonds. The number of nitrogens with zero attached hydrogens (tertiary/aromatic N) is 4. The molecule has 1 aromatic heterocycles. The third kappa shape index (κ3) is 3.56. The number of H-pyrrole nitrogens is 1. The van der Waals surface area contributed by atoms with Crippen LogP contribution in [0, 0.1) is 0 Å². The maximum absolute atomic E-state index is 12.2. The minimum Gasteiger partial charge on any atom is -0.349 e. The number of hydrogen-bond donors (Lipinski definition) is 1. The van der Waals surface area contributed by atoms with E-state index in [0.717, 1.165) is 5.56 Å². The van der Waals surface area contributed by atoms with Crippen molar-refractivity contribution >= 4 is 11.6 Å². The number of rotatable bonds is 3. The molecule has 28 heavy (non-hydrogen) atoms. The van der Waals surface area contributed by atoms with Crippen LogP contribution in [0.4, 0.5) is 0 Å². The average Bonchev–Trinajstić information content (AvgIpc) is 2.71. The first-order chi connectivity index (χ1) is 13.6. The van der Waals surface area contributed by atoms with E-state index in [2.05, 4.69) is 15.0 Å². The molecule has 2 aliphatic rings. The smallest absolute Gasteiger partial charge is 0.330 e. The van der Waals surface area contributed by atoms with Crippen LogP contribution >= 0.6 is 11.6 Å². The number of nitrogens with one attached hydrogen (secondary N) is 1. The Labute approximate surface area is 163 Å². The van der Waals surface area contributed by atoms with Crippen molar-refractivity contribution in [2.24, 2.45) is 5.11 Å². The Morgan fingerprint density at radius 3 is 2.79 bits per heavy atom. The molecule has 1 unspecified atom stereocenters. The summed E-state index contributed by atoms with van der Waals surface area (Å²) < 4.78 is 18.9. The highest BCUT2D eigenvalue weighted by Crippen LogP contribution is 2.37. The van der Waals surface area contributed by atoms with Gasteiger partial charge in [0.2, 0.25) is 0 Å². The molecule has 11 heteroatoms. The van der Waals surface area contributed by atoms with Gasteiger partial charge >= 0.3 is 5.69 Å². The molecular weight excluding hydrogens is 390 g/mol. The fraction of sp³-hybridized carbons (Fsp3) is 0.412. The second-order valence-corrected chi connectivity index (χ2v) is 6.86. The third-order valence-electron chi connectivity index (χ3n) is 4.72. The second kappa shape index (κ2) is 7.78. The van der Waals surface area contributed by atoms with Crippen LogP contribution in [0.25, 0.3) is 10.4 Å². The number of aromatic nitrogens is 2. The van der Waals surface area contributed by atoms with Crippen molar-refractivity contribution in [2.45, 2.75) is 37.2 Å². The lowest BCUT2D eigenvalue weighted by atomic mass is 9.97. The Bertz CT molecular complexity index is 1020. The largest absolute Gasteiger partial charge is 0.349 e. The Balaban J connectivity index is 1.61. The van der Waals surface area contributed by atoms with Crippen LogP contribution in [0.15, 0.2) is 51.2 Å². The first-order valence-corrected chi connectivity index (χ1v) is 8.97. The first kappa shape index (κ1) is 18.7. The summed E-state index contributed by atoms with van der Waals surface area (Å²) in [6, 6.07) is 8.79. The normalized spacial score (nSPS) is 29.5. The van der Waals surface area contributed by atoms with Gasteiger partial charge in [0, 0.05) is 23.1 Å². The van der Waals surface area contributed by atoms with Crippen molar-refractivity contribution in [2.75, 3.05) is 6.61 Å². The number of halogens is 1. The van der Waals surface area contributed by atoms with Crippen LogP contribution in [0.2, 0.25) is 5.02 Å². The number of hydrogen-bond acceptors (Lipinski definition) is 6. The highest BCUT2D eigenvalue weighted by molar-refractivity contribution is 6.30. The van der Waals surface area contributed by atoms with Crippen LogP contribution in [-0.4, -0.2) is 34.4 Å². The van der Waals surface area contributed by atoms with Gasteiger partial charge in [-0.1, -0.05) is 47.0 Å². The van der Waals surface area contributed by atoms with Crippen molar-refractivity contribution in [3.63, 3.8) is 0 Å². The highest BCUT2D eigenvalue weighted by Gasteiger charge is 2.44. The molecule has 5 atom stereocenters.